The molecule has 0 aromatic heterocycles. The molecule has 13 heavy (non-hydrogen) atoms. The first-order chi connectivity index (χ1) is 6.45. The van der Waals surface area contributed by atoms with Gasteiger partial charge in [0.25, 0.3) is 0 Å². The molecule has 2 nitrogen and oxygen atoms in total. The Morgan fingerprint density at radius 2 is 1.85 bits per heavy atom. The third-order valence-corrected chi connectivity index (χ3v) is 3.34. The van der Waals surface area contributed by atoms with Crippen molar-refractivity contribution < 1.29 is 0 Å². The van der Waals surface area contributed by atoms with E-state index in [0.29, 0.717) is 0 Å². The first-order valence-corrected chi connectivity index (χ1v) is 5.91. The third-order valence-electron chi connectivity index (χ3n) is 3.34. The van der Waals surface area contributed by atoms with Crippen LogP contribution < -0.4 is 5.32 Å². The third kappa shape index (κ3) is 2.96. The van der Waals surface area contributed by atoms with E-state index in [2.05, 4.69) is 10.2 Å². The normalized spacial score (nSPS) is 31.8. The molecule has 0 aliphatic carbocycles. The van der Waals surface area contributed by atoms with Crippen LogP contribution in [-0.4, -0.2) is 37.1 Å². The van der Waals surface area contributed by atoms with E-state index in [9.17, 15) is 0 Å². The maximum absolute atomic E-state index is 3.62. The van der Waals surface area contributed by atoms with Crippen LogP contribution in [-0.2, 0) is 0 Å². The van der Waals surface area contributed by atoms with Crippen LogP contribution in [0.5, 0.6) is 0 Å². The molecular weight excluding hydrogens is 160 g/mol. The molecule has 76 valence electrons. The molecule has 0 bridgehead atoms. The van der Waals surface area contributed by atoms with Crippen LogP contribution in [0.3, 0.4) is 0 Å². The zero-order valence-electron chi connectivity index (χ0n) is 8.60. The molecule has 2 heteroatoms. The first-order valence-electron chi connectivity index (χ1n) is 5.91. The second-order valence-electron chi connectivity index (χ2n) is 4.51. The first kappa shape index (κ1) is 9.47. The van der Waals surface area contributed by atoms with Crippen molar-refractivity contribution in [1.82, 2.24) is 10.2 Å². The van der Waals surface area contributed by atoms with Crippen molar-refractivity contribution in [3.8, 4) is 0 Å². The fourth-order valence-corrected chi connectivity index (χ4v) is 2.53. The summed E-state index contributed by atoms with van der Waals surface area (Å²) in [6.07, 6.45) is 8.52. The molecule has 2 fully saturated rings. The summed E-state index contributed by atoms with van der Waals surface area (Å²) < 4.78 is 0. The minimum absolute atomic E-state index is 0.798. The summed E-state index contributed by atoms with van der Waals surface area (Å²) in [5.41, 5.74) is 0. The van der Waals surface area contributed by atoms with E-state index in [-0.39, 0.29) is 0 Å². The number of hydrogen-bond acceptors (Lipinski definition) is 2. The Labute approximate surface area is 81.7 Å². The van der Waals surface area contributed by atoms with Gasteiger partial charge >= 0.3 is 0 Å². The van der Waals surface area contributed by atoms with Gasteiger partial charge in [-0.2, -0.15) is 0 Å². The smallest absolute Gasteiger partial charge is 0.0195 e. The fourth-order valence-electron chi connectivity index (χ4n) is 2.53. The molecule has 2 aliphatic rings. The van der Waals surface area contributed by atoms with Crippen molar-refractivity contribution in [1.29, 1.82) is 0 Å². The Morgan fingerprint density at radius 1 is 1.00 bits per heavy atom. The molecule has 0 radical (unpaired) electrons. The van der Waals surface area contributed by atoms with Gasteiger partial charge in [-0.05, 0) is 45.3 Å². The molecule has 2 rings (SSSR count). The Bertz CT molecular complexity index is 119. The highest BCUT2D eigenvalue weighted by Gasteiger charge is 2.17. The van der Waals surface area contributed by atoms with E-state index in [4.69, 9.17) is 0 Å². The van der Waals surface area contributed by atoms with Crippen LogP contribution in [0.15, 0.2) is 0 Å². The largest absolute Gasteiger partial charge is 0.313 e. The van der Waals surface area contributed by atoms with Gasteiger partial charge in [-0.25, -0.2) is 0 Å². The number of piperidine rings is 2. The average molecular weight is 182 g/mol. The quantitative estimate of drug-likeness (QED) is 0.698. The van der Waals surface area contributed by atoms with Crippen LogP contribution in [0, 0.1) is 0 Å². The average Bonchev–Trinajstić information content (AvgIpc) is 2.21. The summed E-state index contributed by atoms with van der Waals surface area (Å²) in [5.74, 6) is 0. The minimum Gasteiger partial charge on any atom is -0.313 e. The molecule has 0 aromatic carbocycles. The predicted molar refractivity (Wildman–Crippen MR) is 55.9 cm³/mol. The molecule has 2 aliphatic heterocycles. The van der Waals surface area contributed by atoms with Gasteiger partial charge in [0.15, 0.2) is 0 Å². The summed E-state index contributed by atoms with van der Waals surface area (Å²) in [4.78, 5) is 2.65. The molecule has 2 heterocycles. The second kappa shape index (κ2) is 4.97. The minimum atomic E-state index is 0.798. The number of nitrogens with one attached hydrogen (secondary N) is 1. The van der Waals surface area contributed by atoms with Crippen LogP contribution in [0.1, 0.15) is 38.5 Å². The lowest BCUT2D eigenvalue weighted by molar-refractivity contribution is 0.193. The van der Waals surface area contributed by atoms with Crippen LogP contribution in [0.25, 0.3) is 0 Å². The predicted octanol–water partition coefficient (Wildman–Crippen LogP) is 1.61. The Kier molecular flexibility index (Phi) is 3.62. The monoisotopic (exact) mass is 182 g/mol. The molecular formula is C11H22N2. The van der Waals surface area contributed by atoms with Gasteiger partial charge in [-0.1, -0.05) is 12.8 Å². The van der Waals surface area contributed by atoms with E-state index in [0.717, 1.165) is 6.04 Å². The maximum Gasteiger partial charge on any atom is 0.0195 e. The number of hydrogen-bond donors (Lipinski definition) is 1. The van der Waals surface area contributed by atoms with Gasteiger partial charge in [-0.15, -0.1) is 0 Å². The summed E-state index contributed by atoms with van der Waals surface area (Å²) in [6, 6.07) is 0.798. The molecule has 1 N–H and O–H groups in total. The van der Waals surface area contributed by atoms with Crippen molar-refractivity contribution in [2.75, 3.05) is 26.2 Å². The molecule has 1 atom stereocenters. The van der Waals surface area contributed by atoms with Crippen LogP contribution in [0.4, 0.5) is 0 Å². The van der Waals surface area contributed by atoms with E-state index >= 15 is 0 Å². The van der Waals surface area contributed by atoms with Gasteiger partial charge < -0.3 is 10.2 Å². The molecule has 0 amide bonds. The highest BCUT2D eigenvalue weighted by atomic mass is 15.2. The number of rotatable bonds is 2. The van der Waals surface area contributed by atoms with Crippen molar-refractivity contribution in [3.05, 3.63) is 0 Å². The van der Waals surface area contributed by atoms with Gasteiger partial charge in [0.05, 0.1) is 0 Å². The highest BCUT2D eigenvalue weighted by molar-refractivity contribution is 4.77. The van der Waals surface area contributed by atoms with Gasteiger partial charge in [0.2, 0.25) is 0 Å². The maximum atomic E-state index is 3.62. The van der Waals surface area contributed by atoms with Crippen molar-refractivity contribution >= 4 is 0 Å². The molecule has 2 saturated heterocycles. The van der Waals surface area contributed by atoms with E-state index in [1.54, 1.807) is 0 Å². The van der Waals surface area contributed by atoms with E-state index in [1.807, 2.05) is 0 Å². The van der Waals surface area contributed by atoms with E-state index in [1.165, 1.54) is 64.7 Å². The van der Waals surface area contributed by atoms with Crippen molar-refractivity contribution in [3.63, 3.8) is 0 Å². The van der Waals surface area contributed by atoms with Gasteiger partial charge in [0, 0.05) is 12.6 Å². The molecule has 0 saturated carbocycles. The van der Waals surface area contributed by atoms with Crippen LogP contribution >= 0.6 is 0 Å². The lowest BCUT2D eigenvalue weighted by atomic mass is 10.0. The SMILES string of the molecule is C1CCN(C[C@H]2CCCCN2)CC1. The number of likely N-dealkylation sites (tertiary alicyclic amines) is 1. The standard InChI is InChI=1S/C11H22N2/c1-4-8-13(9-5-1)10-11-6-2-3-7-12-11/h11-12H,1-10H2/t11-/m1/s1. The zero-order chi connectivity index (χ0) is 8.93. The Morgan fingerprint density at radius 3 is 2.54 bits per heavy atom. The van der Waals surface area contributed by atoms with Crippen molar-refractivity contribution in [2.45, 2.75) is 44.6 Å². The summed E-state index contributed by atoms with van der Waals surface area (Å²) >= 11 is 0. The van der Waals surface area contributed by atoms with E-state index < -0.39 is 0 Å². The Hall–Kier alpha value is -0.0800. The zero-order valence-corrected chi connectivity index (χ0v) is 8.60. The summed E-state index contributed by atoms with van der Waals surface area (Å²) in [6.45, 7) is 5.24. The number of nitrogens with zero attached hydrogens (tertiary/aromatic N) is 1. The van der Waals surface area contributed by atoms with Gasteiger partial charge in [-0.3, -0.25) is 0 Å². The second-order valence-corrected chi connectivity index (χ2v) is 4.51. The van der Waals surface area contributed by atoms with Crippen molar-refractivity contribution in [2.24, 2.45) is 0 Å². The van der Waals surface area contributed by atoms with Crippen LogP contribution in [0.2, 0.25) is 0 Å². The lowest BCUT2D eigenvalue weighted by Crippen LogP contribution is -2.45. The molecule has 0 unspecified atom stereocenters. The molecule has 0 aromatic rings. The summed E-state index contributed by atoms with van der Waals surface area (Å²) in [5, 5.41) is 3.62. The molecule has 0 spiro atoms. The summed E-state index contributed by atoms with van der Waals surface area (Å²) in [7, 11) is 0. The highest BCUT2D eigenvalue weighted by Crippen LogP contribution is 2.12. The van der Waals surface area contributed by atoms with Gasteiger partial charge in [0.1, 0.15) is 0 Å². The topological polar surface area (TPSA) is 15.3 Å². The Balaban J connectivity index is 1.69. The lowest BCUT2D eigenvalue weighted by Gasteiger charge is -2.32. The fraction of sp³-hybridized carbons (Fsp3) is 1.00.